The zero-order valence-electron chi connectivity index (χ0n) is 15.2. The number of thioether (sulfide) groups is 1. The van der Waals surface area contributed by atoms with Gasteiger partial charge in [0.2, 0.25) is 5.91 Å². The van der Waals surface area contributed by atoms with Crippen molar-refractivity contribution in [2.45, 2.75) is 20.0 Å². The Morgan fingerprint density at radius 2 is 1.63 bits per heavy atom. The van der Waals surface area contributed by atoms with E-state index in [4.69, 9.17) is 17.0 Å². The van der Waals surface area contributed by atoms with Crippen molar-refractivity contribution in [3.05, 3.63) is 71.8 Å². The van der Waals surface area contributed by atoms with E-state index in [9.17, 15) is 9.59 Å². The van der Waals surface area contributed by atoms with E-state index < -0.39 is 5.97 Å². The Morgan fingerprint density at radius 3 is 2.22 bits per heavy atom. The van der Waals surface area contributed by atoms with Gasteiger partial charge in [-0.25, -0.2) is 0 Å². The van der Waals surface area contributed by atoms with Crippen LogP contribution in [0.15, 0.2) is 60.7 Å². The maximum absolute atomic E-state index is 12.6. The molecule has 0 saturated heterocycles. The van der Waals surface area contributed by atoms with Gasteiger partial charge < -0.3 is 10.1 Å². The topological polar surface area (TPSA) is 55.4 Å². The zero-order valence-corrected chi connectivity index (χ0v) is 16.9. The van der Waals surface area contributed by atoms with Crippen molar-refractivity contribution in [2.24, 2.45) is 5.92 Å². The van der Waals surface area contributed by atoms with Gasteiger partial charge in [0.1, 0.15) is 13.2 Å². The summed E-state index contributed by atoms with van der Waals surface area (Å²) in [4.78, 5) is 24.5. The van der Waals surface area contributed by atoms with Gasteiger partial charge in [0, 0.05) is 9.95 Å². The molecule has 2 aromatic rings. The summed E-state index contributed by atoms with van der Waals surface area (Å²) in [6, 6.07) is 19.2. The number of carbonyl (C=O) groups is 2. The predicted octanol–water partition coefficient (Wildman–Crippen LogP) is 3.79. The third-order valence-electron chi connectivity index (χ3n) is 3.83. The first-order valence-electron chi connectivity index (χ1n) is 8.69. The lowest BCUT2D eigenvalue weighted by Gasteiger charge is -2.16. The number of ether oxygens (including phenoxy) is 1. The highest BCUT2D eigenvalue weighted by molar-refractivity contribution is 8.23. The summed E-state index contributed by atoms with van der Waals surface area (Å²) in [5.41, 5.74) is 1.99. The molecule has 0 fully saturated rings. The number of hydrogen-bond donors (Lipinski definition) is 1. The molecule has 0 spiro atoms. The van der Waals surface area contributed by atoms with Crippen LogP contribution in [0.3, 0.4) is 0 Å². The van der Waals surface area contributed by atoms with Crippen LogP contribution in [0, 0.1) is 5.92 Å². The zero-order chi connectivity index (χ0) is 19.5. The summed E-state index contributed by atoms with van der Waals surface area (Å²) < 4.78 is 5.99. The van der Waals surface area contributed by atoms with Crippen LogP contribution in [-0.2, 0) is 27.4 Å². The van der Waals surface area contributed by atoms with Gasteiger partial charge in [0.25, 0.3) is 0 Å². The van der Waals surface area contributed by atoms with Crippen LogP contribution in [0.4, 0.5) is 0 Å². The van der Waals surface area contributed by atoms with E-state index in [0.717, 1.165) is 15.3 Å². The number of thiocarbonyl (C=S) groups is 1. The van der Waals surface area contributed by atoms with Crippen molar-refractivity contribution in [3.8, 4) is 0 Å². The van der Waals surface area contributed by atoms with E-state index >= 15 is 0 Å². The molecule has 2 rings (SSSR count). The maximum atomic E-state index is 12.6. The molecule has 0 aliphatic rings. The minimum atomic E-state index is -0.454. The Kier molecular flexibility index (Phi) is 9.01. The fourth-order valence-electron chi connectivity index (χ4n) is 2.44. The van der Waals surface area contributed by atoms with E-state index in [0.29, 0.717) is 12.2 Å². The average Bonchev–Trinajstić information content (AvgIpc) is 2.69. The van der Waals surface area contributed by atoms with Crippen molar-refractivity contribution in [1.82, 2.24) is 5.32 Å². The monoisotopic (exact) mass is 401 g/mol. The fraction of sp³-hybridized carbons (Fsp3) is 0.286. The average molecular weight is 402 g/mol. The fourth-order valence-corrected chi connectivity index (χ4v) is 3.35. The lowest BCUT2D eigenvalue weighted by Crippen LogP contribution is -2.37. The van der Waals surface area contributed by atoms with Crippen LogP contribution < -0.4 is 5.32 Å². The van der Waals surface area contributed by atoms with Crippen LogP contribution in [0.5, 0.6) is 0 Å². The Labute approximate surface area is 169 Å². The molecule has 1 atom stereocenters. The van der Waals surface area contributed by atoms with Gasteiger partial charge in [-0.2, -0.15) is 0 Å². The van der Waals surface area contributed by atoms with E-state index in [-0.39, 0.29) is 25.0 Å². The van der Waals surface area contributed by atoms with Gasteiger partial charge in [0.05, 0.1) is 5.92 Å². The number of carbonyl (C=O) groups excluding carboxylic acids is 2. The molecule has 1 N–H and O–H groups in total. The van der Waals surface area contributed by atoms with Gasteiger partial charge in [-0.15, -0.1) is 11.8 Å². The number of amides is 1. The van der Waals surface area contributed by atoms with E-state index in [1.165, 1.54) is 11.8 Å². The summed E-state index contributed by atoms with van der Waals surface area (Å²) in [5, 5.41) is 2.69. The van der Waals surface area contributed by atoms with Gasteiger partial charge in [-0.1, -0.05) is 72.9 Å². The van der Waals surface area contributed by atoms with Gasteiger partial charge >= 0.3 is 5.97 Å². The molecule has 0 aliphatic heterocycles. The van der Waals surface area contributed by atoms with Crippen molar-refractivity contribution in [1.29, 1.82) is 0 Å². The molecule has 6 heteroatoms. The molecule has 142 valence electrons. The van der Waals surface area contributed by atoms with Gasteiger partial charge in [0.15, 0.2) is 0 Å². The quantitative estimate of drug-likeness (QED) is 0.512. The normalized spacial score (nSPS) is 11.4. The Morgan fingerprint density at radius 1 is 1.04 bits per heavy atom. The first kappa shape index (κ1) is 21.1. The second-order valence-electron chi connectivity index (χ2n) is 6.05. The highest BCUT2D eigenvalue weighted by atomic mass is 32.2. The molecule has 0 aromatic heterocycles. The molecule has 1 unspecified atom stereocenters. The molecule has 0 bridgehead atoms. The maximum Gasteiger partial charge on any atom is 0.325 e. The highest BCUT2D eigenvalue weighted by Gasteiger charge is 2.20. The molecule has 0 radical (unpaired) electrons. The van der Waals surface area contributed by atoms with Crippen LogP contribution in [-0.4, -0.2) is 28.4 Å². The number of esters is 1. The lowest BCUT2D eigenvalue weighted by molar-refractivity contribution is -0.145. The van der Waals surface area contributed by atoms with E-state index in [2.05, 4.69) is 5.32 Å². The Bertz CT molecular complexity index is 751. The SMILES string of the molecule is CC(=S)SCC(Cc1ccccc1)C(=O)NCC(=O)OCc1ccccc1. The van der Waals surface area contributed by atoms with Crippen molar-refractivity contribution in [3.63, 3.8) is 0 Å². The van der Waals surface area contributed by atoms with Crippen molar-refractivity contribution < 1.29 is 14.3 Å². The predicted molar refractivity (Wildman–Crippen MR) is 114 cm³/mol. The summed E-state index contributed by atoms with van der Waals surface area (Å²) >= 11 is 6.59. The van der Waals surface area contributed by atoms with E-state index in [1.54, 1.807) is 0 Å². The summed E-state index contributed by atoms with van der Waals surface area (Å²) in [5.74, 6) is -0.310. The number of benzene rings is 2. The molecule has 4 nitrogen and oxygen atoms in total. The smallest absolute Gasteiger partial charge is 0.325 e. The second kappa shape index (κ2) is 11.5. The van der Waals surface area contributed by atoms with Crippen LogP contribution in [0.25, 0.3) is 0 Å². The van der Waals surface area contributed by atoms with Crippen molar-refractivity contribution >= 4 is 40.1 Å². The standard InChI is InChI=1S/C21H23NO3S2/c1-16(26)27-15-19(12-17-8-4-2-5-9-17)21(24)22-13-20(23)25-14-18-10-6-3-7-11-18/h2-11,19H,12-15H2,1H3,(H,22,24). The number of nitrogens with one attached hydrogen (secondary N) is 1. The lowest BCUT2D eigenvalue weighted by atomic mass is 10.0. The third kappa shape index (κ3) is 8.37. The van der Waals surface area contributed by atoms with Gasteiger partial charge in [-0.05, 0) is 24.5 Å². The minimum Gasteiger partial charge on any atom is -0.460 e. The molecular weight excluding hydrogens is 378 g/mol. The molecule has 27 heavy (non-hydrogen) atoms. The first-order valence-corrected chi connectivity index (χ1v) is 10.1. The molecule has 0 heterocycles. The van der Waals surface area contributed by atoms with Crippen molar-refractivity contribution in [2.75, 3.05) is 12.3 Å². The summed E-state index contributed by atoms with van der Waals surface area (Å²) in [7, 11) is 0. The summed E-state index contributed by atoms with van der Waals surface area (Å²) in [6.45, 7) is 1.90. The Hall–Kier alpha value is -2.18. The van der Waals surface area contributed by atoms with Crippen LogP contribution in [0.2, 0.25) is 0 Å². The highest BCUT2D eigenvalue weighted by Crippen LogP contribution is 2.16. The largest absolute Gasteiger partial charge is 0.460 e. The summed E-state index contributed by atoms with van der Waals surface area (Å²) in [6.07, 6.45) is 0.599. The number of hydrogen-bond acceptors (Lipinski definition) is 5. The van der Waals surface area contributed by atoms with Crippen LogP contribution >= 0.6 is 24.0 Å². The second-order valence-corrected chi connectivity index (χ2v) is 8.16. The molecule has 0 aliphatic carbocycles. The number of rotatable bonds is 9. The molecular formula is C21H23NO3S2. The van der Waals surface area contributed by atoms with Crippen LogP contribution in [0.1, 0.15) is 18.1 Å². The first-order chi connectivity index (χ1) is 13.0. The Balaban J connectivity index is 1.84. The minimum absolute atomic E-state index is 0.141. The molecule has 0 saturated carbocycles. The molecule has 1 amide bonds. The van der Waals surface area contributed by atoms with E-state index in [1.807, 2.05) is 67.6 Å². The third-order valence-corrected chi connectivity index (χ3v) is 5.16. The van der Waals surface area contributed by atoms with Gasteiger partial charge in [-0.3, -0.25) is 9.59 Å². The molecule has 2 aromatic carbocycles.